The van der Waals surface area contributed by atoms with Crippen molar-refractivity contribution >= 4 is 22.8 Å². The van der Waals surface area contributed by atoms with Gasteiger partial charge in [0.05, 0.1) is 42.2 Å². The van der Waals surface area contributed by atoms with Gasteiger partial charge in [0, 0.05) is 36.8 Å². The molecule has 8 nitrogen and oxygen atoms in total. The maximum atomic E-state index is 12.5. The summed E-state index contributed by atoms with van der Waals surface area (Å²) in [7, 11) is 0. The number of ether oxygens (including phenoxy) is 1. The Labute approximate surface area is 195 Å². The van der Waals surface area contributed by atoms with E-state index in [4.69, 9.17) is 4.74 Å². The Kier molecular flexibility index (Phi) is 5.62. The molecule has 1 saturated heterocycles. The van der Waals surface area contributed by atoms with E-state index in [0.29, 0.717) is 36.3 Å². The van der Waals surface area contributed by atoms with Gasteiger partial charge in [-0.15, -0.1) is 0 Å². The van der Waals surface area contributed by atoms with E-state index in [1.54, 1.807) is 38.5 Å². The van der Waals surface area contributed by atoms with Crippen molar-refractivity contribution in [1.29, 1.82) is 0 Å². The van der Waals surface area contributed by atoms with Gasteiger partial charge < -0.3 is 24.4 Å². The molecule has 33 heavy (non-hydrogen) atoms. The van der Waals surface area contributed by atoms with Gasteiger partial charge >= 0.3 is 0 Å². The van der Waals surface area contributed by atoms with Gasteiger partial charge in [0.15, 0.2) is 4.90 Å². The predicted molar refractivity (Wildman–Crippen MR) is 125 cm³/mol. The van der Waals surface area contributed by atoms with Crippen LogP contribution in [-0.4, -0.2) is 61.8 Å². The molecule has 4 heterocycles. The van der Waals surface area contributed by atoms with E-state index in [0.717, 1.165) is 22.4 Å². The number of benzene rings is 1. The van der Waals surface area contributed by atoms with Crippen molar-refractivity contribution in [1.82, 2.24) is 15.0 Å². The second-order valence-electron chi connectivity index (χ2n) is 9.07. The molecule has 0 aliphatic carbocycles. The third-order valence-corrected chi connectivity index (χ3v) is 7.56. The van der Waals surface area contributed by atoms with Crippen molar-refractivity contribution in [2.45, 2.75) is 29.8 Å². The lowest BCUT2D eigenvalue weighted by atomic mass is 9.81. The second kappa shape index (κ2) is 8.34. The fraction of sp³-hybridized carbons (Fsp3) is 0.375. The van der Waals surface area contributed by atoms with E-state index in [1.807, 2.05) is 29.2 Å². The van der Waals surface area contributed by atoms with Crippen LogP contribution in [0.5, 0.6) is 0 Å². The minimum atomic E-state index is -1.27. The number of pyridine rings is 1. The molecule has 0 saturated carbocycles. The fourth-order valence-electron chi connectivity index (χ4n) is 4.33. The molecule has 0 amide bonds. The first-order valence-electron chi connectivity index (χ1n) is 10.8. The van der Waals surface area contributed by atoms with Crippen LogP contribution in [0.2, 0.25) is 0 Å². The maximum Gasteiger partial charge on any atom is 0.229 e. The van der Waals surface area contributed by atoms with E-state index in [-0.39, 0.29) is 17.8 Å². The summed E-state index contributed by atoms with van der Waals surface area (Å²) in [4.78, 5) is 16.4. The van der Waals surface area contributed by atoms with Gasteiger partial charge in [0.25, 0.3) is 0 Å². The van der Waals surface area contributed by atoms with Crippen LogP contribution in [-0.2, 0) is 26.9 Å². The number of hydrogen-bond acceptors (Lipinski definition) is 8. The average molecular weight is 467 g/mol. The first-order chi connectivity index (χ1) is 15.8. The molecule has 1 spiro atoms. The fourth-order valence-corrected chi connectivity index (χ4v) is 5.20. The van der Waals surface area contributed by atoms with Gasteiger partial charge in [0.1, 0.15) is 5.75 Å². The van der Waals surface area contributed by atoms with Gasteiger partial charge in [0.2, 0.25) is 5.95 Å². The summed E-state index contributed by atoms with van der Waals surface area (Å²) in [6.45, 7) is 5.28. The Morgan fingerprint density at radius 2 is 1.91 bits per heavy atom. The SMILES string of the molecule is CC(C)(O)c1ccnc(-c2cnc(N3CC4(COC4)c4ccc([S+]([O-])CCO)cc43)nc2)c1. The maximum absolute atomic E-state index is 12.5. The Morgan fingerprint density at radius 1 is 1.15 bits per heavy atom. The average Bonchev–Trinajstić information content (AvgIpc) is 3.14. The minimum absolute atomic E-state index is 0.114. The molecule has 3 aromatic rings. The molecule has 1 atom stereocenters. The van der Waals surface area contributed by atoms with Crippen molar-refractivity contribution in [2.24, 2.45) is 0 Å². The largest absolute Gasteiger partial charge is 0.611 e. The monoisotopic (exact) mass is 466 g/mol. The van der Waals surface area contributed by atoms with Crippen LogP contribution in [0.3, 0.4) is 0 Å². The number of fused-ring (bicyclic) bond motifs is 2. The lowest BCUT2D eigenvalue weighted by molar-refractivity contribution is -0.0507. The summed E-state index contributed by atoms with van der Waals surface area (Å²) in [6, 6.07) is 9.44. The number of aliphatic hydroxyl groups is 2. The molecule has 172 valence electrons. The van der Waals surface area contributed by atoms with Crippen LogP contribution >= 0.6 is 0 Å². The van der Waals surface area contributed by atoms with E-state index in [9.17, 15) is 14.8 Å². The molecule has 1 aromatic carbocycles. The first-order valence-corrected chi connectivity index (χ1v) is 12.1. The number of rotatable bonds is 6. The normalized spacial score (nSPS) is 17.7. The highest BCUT2D eigenvalue weighted by Gasteiger charge is 2.49. The van der Waals surface area contributed by atoms with Crippen molar-refractivity contribution in [3.05, 3.63) is 60.0 Å². The zero-order valence-electron chi connectivity index (χ0n) is 18.6. The summed E-state index contributed by atoms with van der Waals surface area (Å²) in [6.07, 6.45) is 5.13. The van der Waals surface area contributed by atoms with Gasteiger partial charge in [-0.2, -0.15) is 0 Å². The highest BCUT2D eigenvalue weighted by atomic mass is 32.2. The number of aromatic nitrogens is 3. The number of anilines is 2. The summed E-state index contributed by atoms with van der Waals surface area (Å²) in [5, 5.41) is 19.5. The summed E-state index contributed by atoms with van der Waals surface area (Å²) >= 11 is -1.27. The standard InChI is InChI=1S/C24H26N4O4S/c1-23(2,30)17-5-6-25-20(9-17)16-11-26-22(27-12-16)28-13-24(14-32-15-24)19-4-3-18(10-21(19)28)33(31)8-7-29/h3-6,9-12,29-30H,7-8,13-15H2,1-2H3. The van der Waals surface area contributed by atoms with Crippen molar-refractivity contribution in [3.8, 4) is 11.3 Å². The van der Waals surface area contributed by atoms with E-state index < -0.39 is 16.8 Å². The smallest absolute Gasteiger partial charge is 0.229 e. The Balaban J connectivity index is 1.48. The van der Waals surface area contributed by atoms with Gasteiger partial charge in [-0.1, -0.05) is 6.07 Å². The van der Waals surface area contributed by atoms with Crippen LogP contribution in [0.1, 0.15) is 25.0 Å². The molecular formula is C24H26N4O4S. The molecule has 0 bridgehead atoms. The topological polar surface area (TPSA) is 115 Å². The predicted octanol–water partition coefficient (Wildman–Crippen LogP) is 2.29. The van der Waals surface area contributed by atoms with Gasteiger partial charge in [-0.25, -0.2) is 9.97 Å². The molecule has 2 aromatic heterocycles. The van der Waals surface area contributed by atoms with Crippen LogP contribution in [0.4, 0.5) is 11.6 Å². The molecule has 1 fully saturated rings. The molecule has 2 N–H and O–H groups in total. The van der Waals surface area contributed by atoms with Crippen LogP contribution < -0.4 is 4.90 Å². The summed E-state index contributed by atoms with van der Waals surface area (Å²) < 4.78 is 18.0. The van der Waals surface area contributed by atoms with E-state index in [1.165, 1.54) is 0 Å². The molecule has 2 aliphatic heterocycles. The molecule has 2 aliphatic rings. The number of nitrogens with zero attached hydrogens (tertiary/aromatic N) is 4. The highest BCUT2D eigenvalue weighted by Crippen LogP contribution is 2.48. The Hall–Kier alpha value is -2.56. The van der Waals surface area contributed by atoms with Crippen molar-refractivity contribution < 1.29 is 19.5 Å². The molecule has 0 radical (unpaired) electrons. The summed E-state index contributed by atoms with van der Waals surface area (Å²) in [5.74, 6) is 0.752. The van der Waals surface area contributed by atoms with E-state index in [2.05, 4.69) is 15.0 Å². The number of aliphatic hydroxyl groups excluding tert-OH is 1. The number of hydrogen-bond donors (Lipinski definition) is 2. The third-order valence-electron chi connectivity index (χ3n) is 6.23. The zero-order chi connectivity index (χ0) is 23.2. The third kappa shape index (κ3) is 4.00. The van der Waals surface area contributed by atoms with Gasteiger partial charge in [-0.3, -0.25) is 4.98 Å². The molecule has 9 heteroatoms. The zero-order valence-corrected chi connectivity index (χ0v) is 19.4. The Morgan fingerprint density at radius 3 is 2.55 bits per heavy atom. The van der Waals surface area contributed by atoms with Gasteiger partial charge in [-0.05, 0) is 54.3 Å². The van der Waals surface area contributed by atoms with E-state index >= 15 is 0 Å². The van der Waals surface area contributed by atoms with Crippen LogP contribution in [0.15, 0.2) is 53.8 Å². The first kappa shape index (κ1) is 22.2. The van der Waals surface area contributed by atoms with Crippen molar-refractivity contribution in [3.63, 3.8) is 0 Å². The lowest BCUT2D eigenvalue weighted by Gasteiger charge is -2.38. The summed E-state index contributed by atoms with van der Waals surface area (Å²) in [5.41, 5.74) is 3.20. The van der Waals surface area contributed by atoms with Crippen molar-refractivity contribution in [2.75, 3.05) is 37.0 Å². The molecule has 5 rings (SSSR count). The minimum Gasteiger partial charge on any atom is -0.611 e. The lowest BCUT2D eigenvalue weighted by Crippen LogP contribution is -2.49. The van der Waals surface area contributed by atoms with Crippen LogP contribution in [0.25, 0.3) is 11.3 Å². The molecular weight excluding hydrogens is 440 g/mol. The second-order valence-corrected chi connectivity index (χ2v) is 10.6. The Bertz CT molecular complexity index is 1160. The molecule has 1 unspecified atom stereocenters. The van der Waals surface area contributed by atoms with Crippen LogP contribution in [0, 0.1) is 0 Å². The quantitative estimate of drug-likeness (QED) is 0.532. The highest BCUT2D eigenvalue weighted by molar-refractivity contribution is 7.91.